The lowest BCUT2D eigenvalue weighted by Gasteiger charge is -2.10. The van der Waals surface area contributed by atoms with E-state index in [0.717, 1.165) is 16.0 Å². The Morgan fingerprint density at radius 2 is 1.58 bits per heavy atom. The van der Waals surface area contributed by atoms with Crippen LogP contribution < -0.4 is 10.6 Å². The molecule has 0 radical (unpaired) electrons. The number of carbonyl (C=O) groups is 3. The van der Waals surface area contributed by atoms with Crippen LogP contribution in [0.25, 0.3) is 0 Å². The van der Waals surface area contributed by atoms with E-state index in [9.17, 15) is 14.4 Å². The Morgan fingerprint density at radius 3 is 2.29 bits per heavy atom. The molecule has 0 saturated carbocycles. The molecule has 0 spiro atoms. The average molecular weight is 435 g/mol. The van der Waals surface area contributed by atoms with E-state index < -0.39 is 5.97 Å². The lowest BCUT2D eigenvalue weighted by molar-refractivity contribution is -0.113. The summed E-state index contributed by atoms with van der Waals surface area (Å²) >= 11 is 1.32. The Kier molecular flexibility index (Phi) is 7.10. The van der Waals surface area contributed by atoms with Crippen molar-refractivity contribution in [3.8, 4) is 0 Å². The van der Waals surface area contributed by atoms with Gasteiger partial charge in [0.05, 0.1) is 11.3 Å². The maximum absolute atomic E-state index is 12.4. The minimum absolute atomic E-state index is 0.116. The van der Waals surface area contributed by atoms with Gasteiger partial charge in [0.25, 0.3) is 5.91 Å². The Morgan fingerprint density at radius 1 is 0.871 bits per heavy atom. The van der Waals surface area contributed by atoms with Crippen LogP contribution in [0.15, 0.2) is 71.6 Å². The maximum Gasteiger partial charge on any atom is 0.335 e. The maximum atomic E-state index is 12.4. The third-order valence-electron chi connectivity index (χ3n) is 4.53. The summed E-state index contributed by atoms with van der Waals surface area (Å²) in [5.74, 6) is -1.35. The zero-order valence-electron chi connectivity index (χ0n) is 17.1. The number of aromatic carboxylic acids is 1. The van der Waals surface area contributed by atoms with Gasteiger partial charge in [-0.3, -0.25) is 9.59 Å². The van der Waals surface area contributed by atoms with Crippen LogP contribution in [0.4, 0.5) is 11.4 Å². The predicted molar refractivity (Wildman–Crippen MR) is 123 cm³/mol. The van der Waals surface area contributed by atoms with Crippen molar-refractivity contribution in [2.45, 2.75) is 18.7 Å². The van der Waals surface area contributed by atoms with E-state index >= 15 is 0 Å². The van der Waals surface area contributed by atoms with Crippen LogP contribution in [0.1, 0.15) is 31.8 Å². The molecule has 3 aromatic rings. The van der Waals surface area contributed by atoms with E-state index in [2.05, 4.69) is 10.6 Å². The monoisotopic (exact) mass is 434 g/mol. The number of rotatable bonds is 7. The van der Waals surface area contributed by atoms with Crippen LogP contribution in [0.5, 0.6) is 0 Å². The summed E-state index contributed by atoms with van der Waals surface area (Å²) in [7, 11) is 0. The van der Waals surface area contributed by atoms with E-state index in [0.29, 0.717) is 16.9 Å². The van der Waals surface area contributed by atoms with Crippen molar-refractivity contribution in [1.29, 1.82) is 0 Å². The number of carbonyl (C=O) groups excluding carboxylic acids is 2. The molecule has 3 rings (SSSR count). The van der Waals surface area contributed by atoms with Crippen molar-refractivity contribution in [2.24, 2.45) is 0 Å². The molecule has 0 fully saturated rings. The predicted octanol–water partition coefficient (Wildman–Crippen LogP) is 4.98. The fourth-order valence-corrected chi connectivity index (χ4v) is 3.55. The van der Waals surface area contributed by atoms with Crippen LogP contribution in [0, 0.1) is 13.8 Å². The molecule has 0 bridgehead atoms. The molecule has 31 heavy (non-hydrogen) atoms. The summed E-state index contributed by atoms with van der Waals surface area (Å²) in [5, 5.41) is 14.7. The van der Waals surface area contributed by atoms with Crippen LogP contribution in [-0.2, 0) is 4.79 Å². The molecule has 7 heteroatoms. The van der Waals surface area contributed by atoms with Gasteiger partial charge in [0.15, 0.2) is 0 Å². The molecule has 0 saturated heterocycles. The normalized spacial score (nSPS) is 10.4. The number of carboxylic acids is 1. The zero-order chi connectivity index (χ0) is 22.4. The van der Waals surface area contributed by atoms with Crippen LogP contribution >= 0.6 is 11.8 Å². The lowest BCUT2D eigenvalue weighted by Crippen LogP contribution is -2.15. The molecule has 0 unspecified atom stereocenters. The molecule has 0 aromatic heterocycles. The smallest absolute Gasteiger partial charge is 0.335 e. The molecular weight excluding hydrogens is 412 g/mol. The van der Waals surface area contributed by atoms with Gasteiger partial charge in [-0.15, -0.1) is 11.8 Å². The molecule has 2 amide bonds. The van der Waals surface area contributed by atoms with Gasteiger partial charge in [-0.1, -0.05) is 29.8 Å². The number of aryl methyl sites for hydroxylation is 2. The van der Waals surface area contributed by atoms with Gasteiger partial charge in [0, 0.05) is 21.8 Å². The number of carboxylic acid groups (broad SMARTS) is 1. The highest BCUT2D eigenvalue weighted by molar-refractivity contribution is 8.00. The van der Waals surface area contributed by atoms with E-state index in [-0.39, 0.29) is 23.1 Å². The zero-order valence-corrected chi connectivity index (χ0v) is 18.0. The van der Waals surface area contributed by atoms with Gasteiger partial charge >= 0.3 is 5.97 Å². The molecule has 3 N–H and O–H groups in total. The van der Waals surface area contributed by atoms with E-state index in [1.807, 2.05) is 31.2 Å². The van der Waals surface area contributed by atoms with Crippen molar-refractivity contribution in [3.05, 3.63) is 89.0 Å². The molecule has 3 aromatic carbocycles. The van der Waals surface area contributed by atoms with E-state index in [4.69, 9.17) is 5.11 Å². The third kappa shape index (κ3) is 6.20. The van der Waals surface area contributed by atoms with Crippen LogP contribution in [0.2, 0.25) is 0 Å². The van der Waals surface area contributed by atoms with Gasteiger partial charge in [-0.25, -0.2) is 4.79 Å². The number of hydrogen-bond acceptors (Lipinski definition) is 4. The average Bonchev–Trinajstić information content (AvgIpc) is 2.74. The molecule has 0 heterocycles. The highest BCUT2D eigenvalue weighted by atomic mass is 32.2. The highest BCUT2D eigenvalue weighted by Gasteiger charge is 2.11. The second-order valence-electron chi connectivity index (χ2n) is 7.02. The number of nitrogens with one attached hydrogen (secondary N) is 2. The fraction of sp³-hybridized carbons (Fsp3) is 0.125. The first-order valence-electron chi connectivity index (χ1n) is 9.56. The van der Waals surface area contributed by atoms with Crippen molar-refractivity contribution in [2.75, 3.05) is 16.4 Å². The number of amides is 2. The lowest BCUT2D eigenvalue weighted by atomic mass is 10.1. The summed E-state index contributed by atoms with van der Waals surface area (Å²) in [6, 6.07) is 19.2. The second-order valence-corrected chi connectivity index (χ2v) is 8.07. The Balaban J connectivity index is 1.59. The third-order valence-corrected chi connectivity index (χ3v) is 5.53. The summed E-state index contributed by atoms with van der Waals surface area (Å²) in [5.41, 5.74) is 3.67. The molecular formula is C24H22N2O4S. The van der Waals surface area contributed by atoms with Crippen molar-refractivity contribution >= 4 is 40.9 Å². The van der Waals surface area contributed by atoms with Gasteiger partial charge in [0.1, 0.15) is 0 Å². The summed E-state index contributed by atoms with van der Waals surface area (Å²) < 4.78 is 0. The minimum atomic E-state index is -1.05. The van der Waals surface area contributed by atoms with Crippen molar-refractivity contribution in [1.82, 2.24) is 0 Å². The largest absolute Gasteiger partial charge is 0.478 e. The second kappa shape index (κ2) is 9.95. The minimum Gasteiger partial charge on any atom is -0.478 e. The summed E-state index contributed by atoms with van der Waals surface area (Å²) in [6.07, 6.45) is 0. The Hall–Kier alpha value is -3.58. The Labute approximate surface area is 184 Å². The topological polar surface area (TPSA) is 95.5 Å². The molecule has 0 aliphatic carbocycles. The molecule has 6 nitrogen and oxygen atoms in total. The molecule has 158 valence electrons. The number of hydrogen-bond donors (Lipinski definition) is 3. The number of thioether (sulfide) groups is 1. The number of anilines is 2. The molecule has 0 aliphatic rings. The first-order chi connectivity index (χ1) is 14.8. The Bertz CT molecular complexity index is 1130. The van der Waals surface area contributed by atoms with Crippen molar-refractivity contribution < 1.29 is 19.5 Å². The summed E-state index contributed by atoms with van der Waals surface area (Å²) in [6.45, 7) is 3.76. The van der Waals surface area contributed by atoms with E-state index in [1.54, 1.807) is 37.3 Å². The first-order valence-corrected chi connectivity index (χ1v) is 10.5. The van der Waals surface area contributed by atoms with E-state index in [1.165, 1.54) is 23.9 Å². The fourth-order valence-electron chi connectivity index (χ4n) is 2.80. The SMILES string of the molecule is Cc1ccc(C(=O)Nc2cccc(SCC(=O)Nc3cc(C(=O)O)ccc3C)c2)cc1. The summed E-state index contributed by atoms with van der Waals surface area (Å²) in [4.78, 5) is 36.7. The van der Waals surface area contributed by atoms with Crippen molar-refractivity contribution in [3.63, 3.8) is 0 Å². The molecule has 0 aliphatic heterocycles. The quantitative estimate of drug-likeness (QED) is 0.456. The molecule has 0 atom stereocenters. The first kappa shape index (κ1) is 22.1. The van der Waals surface area contributed by atoms with Gasteiger partial charge in [-0.2, -0.15) is 0 Å². The van der Waals surface area contributed by atoms with Crippen LogP contribution in [0.3, 0.4) is 0 Å². The van der Waals surface area contributed by atoms with Gasteiger partial charge in [0.2, 0.25) is 5.91 Å². The highest BCUT2D eigenvalue weighted by Crippen LogP contribution is 2.23. The van der Waals surface area contributed by atoms with Gasteiger partial charge < -0.3 is 15.7 Å². The standard InChI is InChI=1S/C24H22N2O4S/c1-15-6-9-17(10-7-15)23(28)25-19-4-3-5-20(13-19)31-14-22(27)26-21-12-18(24(29)30)11-8-16(21)2/h3-13H,14H2,1-2H3,(H,25,28)(H,26,27)(H,29,30). The van der Waals surface area contributed by atoms with Crippen LogP contribution in [-0.4, -0.2) is 28.6 Å². The number of benzene rings is 3. The van der Waals surface area contributed by atoms with Gasteiger partial charge in [-0.05, 0) is 61.9 Å².